The molecule has 0 saturated heterocycles. The summed E-state index contributed by atoms with van der Waals surface area (Å²) in [5.41, 5.74) is 4.95. The van der Waals surface area contributed by atoms with Crippen LogP contribution in [0.15, 0.2) is 48.5 Å². The van der Waals surface area contributed by atoms with Crippen LogP contribution >= 0.6 is 0 Å². The minimum atomic E-state index is 0. The number of hydrogen-bond acceptors (Lipinski definition) is 0. The Labute approximate surface area is 139 Å². The molecule has 2 radical (unpaired) electrons. The molecule has 3 aromatic rings. The van der Waals surface area contributed by atoms with E-state index in [1.165, 1.54) is 32.9 Å². The van der Waals surface area contributed by atoms with Crippen LogP contribution in [0.1, 0.15) is 11.1 Å². The standard InChI is InChI=1S/C16H15N.2Rh/c1-11-5-3-7-15-13(9-11)14-10-12(2)6-4-8-16(14)17-15;;/h3-10,17H,1-2H3;;/q-2;;. The van der Waals surface area contributed by atoms with E-state index in [1.807, 2.05) is 0 Å². The van der Waals surface area contributed by atoms with Gasteiger partial charge in [-0.3, -0.25) is 0 Å². The van der Waals surface area contributed by atoms with Gasteiger partial charge in [0, 0.05) is 39.0 Å². The van der Waals surface area contributed by atoms with Gasteiger partial charge in [0.15, 0.2) is 0 Å². The SMILES string of the molecule is C[c-]1cccc2[nH]c3ccc[c-](C)cc3c2c1.[Rh].[Rh]. The molecule has 0 spiro atoms. The van der Waals surface area contributed by atoms with Crippen LogP contribution in [0.3, 0.4) is 0 Å². The second-order valence-electron chi connectivity index (χ2n) is 4.61. The van der Waals surface area contributed by atoms with Crippen LogP contribution in [0.4, 0.5) is 0 Å². The summed E-state index contributed by atoms with van der Waals surface area (Å²) in [7, 11) is 0. The van der Waals surface area contributed by atoms with Crippen molar-refractivity contribution < 1.29 is 39.0 Å². The molecular weight excluding hydrogens is 412 g/mol. The Morgan fingerprint density at radius 3 is 1.63 bits per heavy atom. The molecule has 1 N–H and O–H groups in total. The minimum Gasteiger partial charge on any atom is -0.379 e. The monoisotopic (exact) mass is 427 g/mol. The predicted molar refractivity (Wildman–Crippen MR) is 74.1 cm³/mol. The van der Waals surface area contributed by atoms with E-state index in [-0.39, 0.29) is 39.0 Å². The molecule has 2 aromatic carbocycles. The van der Waals surface area contributed by atoms with Crippen LogP contribution in [0.2, 0.25) is 0 Å². The summed E-state index contributed by atoms with van der Waals surface area (Å²) in [6.45, 7) is 4.27. The van der Waals surface area contributed by atoms with E-state index in [9.17, 15) is 0 Å². The van der Waals surface area contributed by atoms with E-state index in [0.717, 1.165) is 0 Å². The predicted octanol–water partition coefficient (Wildman–Crippen LogP) is 4.50. The normalized spacial score (nSPS) is 9.79. The molecule has 0 aliphatic heterocycles. The summed E-state index contributed by atoms with van der Waals surface area (Å²) in [6.07, 6.45) is 0. The topological polar surface area (TPSA) is 15.8 Å². The molecule has 0 unspecified atom stereocenters. The fourth-order valence-electron chi connectivity index (χ4n) is 2.29. The third-order valence-corrected chi connectivity index (χ3v) is 3.13. The maximum Gasteiger partial charge on any atom is 0 e. The van der Waals surface area contributed by atoms with Gasteiger partial charge < -0.3 is 4.98 Å². The Morgan fingerprint density at radius 2 is 1.21 bits per heavy atom. The van der Waals surface area contributed by atoms with E-state index in [2.05, 4.69) is 67.4 Å². The Morgan fingerprint density at radius 1 is 0.789 bits per heavy atom. The molecule has 3 heteroatoms. The molecule has 1 heterocycles. The number of hydrogen-bond donors (Lipinski definition) is 1. The van der Waals surface area contributed by atoms with Crippen molar-refractivity contribution in [2.24, 2.45) is 0 Å². The third-order valence-electron chi connectivity index (χ3n) is 3.13. The Balaban J connectivity index is 0.000000902. The quantitative estimate of drug-likeness (QED) is 0.402. The molecule has 0 aliphatic carbocycles. The van der Waals surface area contributed by atoms with Crippen molar-refractivity contribution in [3.63, 3.8) is 0 Å². The molecule has 0 aliphatic rings. The van der Waals surface area contributed by atoms with E-state index in [4.69, 9.17) is 0 Å². The molecule has 0 atom stereocenters. The Hall–Kier alpha value is -0.773. The molecule has 19 heavy (non-hydrogen) atoms. The summed E-state index contributed by atoms with van der Waals surface area (Å²) in [5.74, 6) is 0. The van der Waals surface area contributed by atoms with E-state index >= 15 is 0 Å². The van der Waals surface area contributed by atoms with Crippen LogP contribution in [-0.2, 0) is 39.0 Å². The summed E-state index contributed by atoms with van der Waals surface area (Å²) < 4.78 is 0. The van der Waals surface area contributed by atoms with Crippen molar-refractivity contribution in [2.75, 3.05) is 0 Å². The van der Waals surface area contributed by atoms with Crippen molar-refractivity contribution in [1.82, 2.24) is 4.98 Å². The number of aromatic amines is 1. The van der Waals surface area contributed by atoms with Crippen LogP contribution in [0.5, 0.6) is 0 Å². The van der Waals surface area contributed by atoms with E-state index in [1.54, 1.807) is 0 Å². The molecule has 3 rings (SSSR count). The number of fused-ring (bicyclic) bond motifs is 3. The minimum absolute atomic E-state index is 0. The second-order valence-corrected chi connectivity index (χ2v) is 4.61. The Bertz CT molecular complexity index is 668. The number of rotatable bonds is 0. The largest absolute Gasteiger partial charge is 0.379 e. The molecule has 1 nitrogen and oxygen atoms in total. The average Bonchev–Trinajstić information content (AvgIpc) is 2.45. The number of aromatic nitrogens is 1. The summed E-state index contributed by atoms with van der Waals surface area (Å²) in [4.78, 5) is 3.47. The van der Waals surface area contributed by atoms with Crippen LogP contribution in [0.25, 0.3) is 21.8 Å². The van der Waals surface area contributed by atoms with Gasteiger partial charge in [-0.05, 0) is 11.0 Å². The third kappa shape index (κ3) is 3.22. The fraction of sp³-hybridized carbons (Fsp3) is 0.125. The molecule has 1 aromatic heterocycles. The number of aryl methyl sites for hydroxylation is 2. The van der Waals surface area contributed by atoms with Crippen molar-refractivity contribution in [3.05, 3.63) is 59.7 Å². The van der Waals surface area contributed by atoms with Gasteiger partial charge >= 0.3 is 0 Å². The zero-order valence-corrected chi connectivity index (χ0v) is 14.1. The summed E-state index contributed by atoms with van der Waals surface area (Å²) in [5, 5.41) is 2.59. The van der Waals surface area contributed by atoms with Crippen molar-refractivity contribution in [3.8, 4) is 0 Å². The molecular formula is C16H15NRh2-2. The van der Waals surface area contributed by atoms with Crippen LogP contribution in [0, 0.1) is 13.8 Å². The first-order valence-electron chi connectivity index (χ1n) is 5.89. The second kappa shape index (κ2) is 6.59. The zero-order chi connectivity index (χ0) is 11.8. The smallest absolute Gasteiger partial charge is 0 e. The van der Waals surface area contributed by atoms with Gasteiger partial charge in [-0.15, -0.1) is 22.9 Å². The molecule has 0 saturated carbocycles. The molecule has 104 valence electrons. The Kier molecular flexibility index (Phi) is 5.65. The fourth-order valence-corrected chi connectivity index (χ4v) is 2.29. The number of H-pyrrole nitrogens is 1. The maximum atomic E-state index is 3.47. The van der Waals surface area contributed by atoms with Gasteiger partial charge in [0.1, 0.15) is 0 Å². The summed E-state index contributed by atoms with van der Waals surface area (Å²) in [6, 6.07) is 17.2. The van der Waals surface area contributed by atoms with Gasteiger partial charge in [-0.25, -0.2) is 0 Å². The van der Waals surface area contributed by atoms with Gasteiger partial charge in [-0.1, -0.05) is 13.8 Å². The summed E-state index contributed by atoms with van der Waals surface area (Å²) >= 11 is 0. The van der Waals surface area contributed by atoms with Gasteiger partial charge in [0.2, 0.25) is 0 Å². The van der Waals surface area contributed by atoms with Crippen LogP contribution in [-0.4, -0.2) is 4.98 Å². The van der Waals surface area contributed by atoms with Gasteiger partial charge in [0.05, 0.1) is 0 Å². The first-order chi connectivity index (χ1) is 8.24. The first kappa shape index (κ1) is 16.3. The van der Waals surface area contributed by atoms with E-state index < -0.39 is 0 Å². The average molecular weight is 427 g/mol. The zero-order valence-electron chi connectivity index (χ0n) is 10.8. The molecule has 0 amide bonds. The maximum absolute atomic E-state index is 3.47. The number of nitrogens with one attached hydrogen (secondary N) is 1. The van der Waals surface area contributed by atoms with Crippen molar-refractivity contribution >= 4 is 21.8 Å². The van der Waals surface area contributed by atoms with E-state index in [0.29, 0.717) is 0 Å². The van der Waals surface area contributed by atoms with Crippen molar-refractivity contribution in [2.45, 2.75) is 13.8 Å². The molecule has 0 bridgehead atoms. The molecule has 0 fully saturated rings. The van der Waals surface area contributed by atoms with Gasteiger partial charge in [0.25, 0.3) is 0 Å². The van der Waals surface area contributed by atoms with Crippen molar-refractivity contribution in [1.29, 1.82) is 0 Å². The van der Waals surface area contributed by atoms with Gasteiger partial charge in [-0.2, -0.15) is 47.5 Å². The van der Waals surface area contributed by atoms with Crippen LogP contribution < -0.4 is 0 Å². The first-order valence-corrected chi connectivity index (χ1v) is 5.89.